The highest BCUT2D eigenvalue weighted by Gasteiger charge is 2.18. The van der Waals surface area contributed by atoms with Gasteiger partial charge < -0.3 is 9.84 Å². The highest BCUT2D eigenvalue weighted by atomic mass is 32.2. The summed E-state index contributed by atoms with van der Waals surface area (Å²) in [6.07, 6.45) is 0.567. The van der Waals surface area contributed by atoms with E-state index in [2.05, 4.69) is 0 Å². The third-order valence-electron chi connectivity index (χ3n) is 3.11. The quantitative estimate of drug-likeness (QED) is 0.941. The second kappa shape index (κ2) is 5.54. The second-order valence-electron chi connectivity index (χ2n) is 4.32. The minimum Gasteiger partial charge on any atom is -0.508 e. The lowest BCUT2D eigenvalue weighted by atomic mass is 10.1. The highest BCUT2D eigenvalue weighted by Crippen LogP contribution is 2.27. The van der Waals surface area contributed by atoms with Gasteiger partial charge in [0.1, 0.15) is 11.5 Å². The zero-order chi connectivity index (χ0) is 14.8. The Morgan fingerprint density at radius 1 is 1.05 bits per heavy atom. The smallest absolute Gasteiger partial charge is 0.206 e. The number of sulfone groups is 1. The van der Waals surface area contributed by atoms with Gasteiger partial charge in [0.25, 0.3) is 0 Å². The van der Waals surface area contributed by atoms with Gasteiger partial charge >= 0.3 is 0 Å². The number of rotatable bonds is 4. The number of aryl methyl sites for hydroxylation is 1. The van der Waals surface area contributed by atoms with Gasteiger partial charge in [-0.15, -0.1) is 0 Å². The molecule has 106 valence electrons. The fourth-order valence-electron chi connectivity index (χ4n) is 1.90. The lowest BCUT2D eigenvalue weighted by Gasteiger charge is -2.08. The number of phenols is 1. The Morgan fingerprint density at radius 2 is 1.65 bits per heavy atom. The van der Waals surface area contributed by atoms with Crippen LogP contribution in [-0.2, 0) is 16.3 Å². The average Bonchev–Trinajstić information content (AvgIpc) is 2.47. The number of methoxy groups -OCH3 is 1. The summed E-state index contributed by atoms with van der Waals surface area (Å²) in [5.41, 5.74) is 0.611. The van der Waals surface area contributed by atoms with Crippen molar-refractivity contribution in [2.24, 2.45) is 0 Å². The minimum absolute atomic E-state index is 0.112. The molecule has 4 nitrogen and oxygen atoms in total. The maximum Gasteiger partial charge on any atom is 0.206 e. The van der Waals surface area contributed by atoms with Crippen LogP contribution in [0.2, 0.25) is 0 Å². The maximum absolute atomic E-state index is 12.5. The third kappa shape index (κ3) is 2.63. The Morgan fingerprint density at radius 3 is 2.20 bits per heavy atom. The first-order chi connectivity index (χ1) is 9.48. The molecule has 0 aliphatic heterocycles. The SMILES string of the molecule is CCc1cc(S(=O)(=O)c2ccc(OC)cc2)ccc1O. The maximum atomic E-state index is 12.5. The molecule has 0 heterocycles. The van der Waals surface area contributed by atoms with Crippen LogP contribution in [0.5, 0.6) is 11.5 Å². The molecule has 2 rings (SSSR count). The van der Waals surface area contributed by atoms with Crippen LogP contribution in [0.25, 0.3) is 0 Å². The molecule has 0 aromatic heterocycles. The first-order valence-corrected chi connectivity index (χ1v) is 7.68. The van der Waals surface area contributed by atoms with Gasteiger partial charge in [-0.05, 0) is 54.4 Å². The van der Waals surface area contributed by atoms with Gasteiger partial charge in [-0.25, -0.2) is 8.42 Å². The van der Waals surface area contributed by atoms with Crippen LogP contribution in [0.15, 0.2) is 52.3 Å². The van der Waals surface area contributed by atoms with E-state index in [0.717, 1.165) is 0 Å². The van der Waals surface area contributed by atoms with E-state index in [1.165, 1.54) is 37.4 Å². The van der Waals surface area contributed by atoms with Crippen molar-refractivity contribution in [3.05, 3.63) is 48.0 Å². The largest absolute Gasteiger partial charge is 0.508 e. The van der Waals surface area contributed by atoms with E-state index in [1.54, 1.807) is 12.1 Å². The fraction of sp³-hybridized carbons (Fsp3) is 0.200. The molecule has 0 aliphatic carbocycles. The summed E-state index contributed by atoms with van der Waals surface area (Å²) in [5.74, 6) is 0.713. The fourth-order valence-corrected chi connectivity index (χ4v) is 3.21. The third-order valence-corrected chi connectivity index (χ3v) is 4.88. The Kier molecular flexibility index (Phi) is 3.99. The average molecular weight is 292 g/mol. The topological polar surface area (TPSA) is 63.6 Å². The molecule has 0 spiro atoms. The second-order valence-corrected chi connectivity index (χ2v) is 6.27. The molecule has 0 fully saturated rings. The van der Waals surface area contributed by atoms with E-state index in [4.69, 9.17) is 4.74 Å². The van der Waals surface area contributed by atoms with Crippen molar-refractivity contribution in [2.75, 3.05) is 7.11 Å². The summed E-state index contributed by atoms with van der Waals surface area (Å²) in [6.45, 7) is 1.86. The van der Waals surface area contributed by atoms with Crippen LogP contribution in [0.3, 0.4) is 0 Å². The normalized spacial score (nSPS) is 11.3. The van der Waals surface area contributed by atoms with Crippen LogP contribution >= 0.6 is 0 Å². The molecular weight excluding hydrogens is 276 g/mol. The van der Waals surface area contributed by atoms with Crippen LogP contribution < -0.4 is 4.74 Å². The van der Waals surface area contributed by atoms with Gasteiger partial charge in [-0.1, -0.05) is 6.92 Å². The standard InChI is InChI=1S/C15H16O4S/c1-3-11-10-14(8-9-15(11)16)20(17,18)13-6-4-12(19-2)5-7-13/h4-10,16H,3H2,1-2H3. The van der Waals surface area contributed by atoms with Crippen molar-refractivity contribution in [1.82, 2.24) is 0 Å². The van der Waals surface area contributed by atoms with E-state index in [-0.39, 0.29) is 15.5 Å². The van der Waals surface area contributed by atoms with Gasteiger partial charge in [0.15, 0.2) is 0 Å². The Bertz CT molecular complexity index is 703. The zero-order valence-electron chi connectivity index (χ0n) is 11.3. The molecule has 0 aliphatic rings. The molecular formula is C15H16O4S. The van der Waals surface area contributed by atoms with Crippen molar-refractivity contribution in [2.45, 2.75) is 23.1 Å². The van der Waals surface area contributed by atoms with E-state index >= 15 is 0 Å². The number of hydrogen-bond donors (Lipinski definition) is 1. The Labute approximate surface area is 118 Å². The molecule has 1 N–H and O–H groups in total. The van der Waals surface area contributed by atoms with Gasteiger partial charge in [0.05, 0.1) is 16.9 Å². The molecule has 0 saturated heterocycles. The van der Waals surface area contributed by atoms with E-state index in [0.29, 0.717) is 17.7 Å². The molecule has 0 atom stereocenters. The summed E-state index contributed by atoms with van der Waals surface area (Å²) in [4.78, 5) is 0.378. The van der Waals surface area contributed by atoms with Crippen molar-refractivity contribution < 1.29 is 18.3 Å². The highest BCUT2D eigenvalue weighted by molar-refractivity contribution is 7.91. The molecule has 2 aromatic carbocycles. The first-order valence-electron chi connectivity index (χ1n) is 6.20. The predicted octanol–water partition coefficient (Wildman–Crippen LogP) is 2.80. The van der Waals surface area contributed by atoms with Gasteiger partial charge in [-0.2, -0.15) is 0 Å². The minimum atomic E-state index is -3.58. The van der Waals surface area contributed by atoms with Crippen molar-refractivity contribution in [1.29, 1.82) is 0 Å². The number of aromatic hydroxyl groups is 1. The molecule has 5 heteroatoms. The number of hydrogen-bond acceptors (Lipinski definition) is 4. The summed E-state index contributed by atoms with van der Waals surface area (Å²) < 4.78 is 30.0. The Balaban J connectivity index is 2.48. The molecule has 0 saturated carbocycles. The summed E-state index contributed by atoms with van der Waals surface area (Å²) in [6, 6.07) is 10.6. The van der Waals surface area contributed by atoms with E-state index in [9.17, 15) is 13.5 Å². The Hall–Kier alpha value is -2.01. The van der Waals surface area contributed by atoms with E-state index in [1.807, 2.05) is 6.92 Å². The van der Waals surface area contributed by atoms with E-state index < -0.39 is 9.84 Å². The lowest BCUT2D eigenvalue weighted by molar-refractivity contribution is 0.414. The van der Waals surface area contributed by atoms with Gasteiger partial charge in [-0.3, -0.25) is 0 Å². The zero-order valence-corrected chi connectivity index (χ0v) is 12.1. The molecule has 20 heavy (non-hydrogen) atoms. The molecule has 0 radical (unpaired) electrons. The summed E-state index contributed by atoms with van der Waals surface area (Å²) >= 11 is 0. The van der Waals surface area contributed by atoms with Crippen LogP contribution in [0.1, 0.15) is 12.5 Å². The molecule has 0 amide bonds. The summed E-state index contributed by atoms with van der Waals surface area (Å²) in [7, 11) is -2.06. The lowest BCUT2D eigenvalue weighted by Crippen LogP contribution is -2.02. The molecule has 2 aromatic rings. The van der Waals surface area contributed by atoms with Gasteiger partial charge in [0.2, 0.25) is 9.84 Å². The summed E-state index contributed by atoms with van der Waals surface area (Å²) in [5, 5.41) is 9.63. The van der Waals surface area contributed by atoms with Crippen molar-refractivity contribution in [3.8, 4) is 11.5 Å². The predicted molar refractivity (Wildman–Crippen MR) is 75.9 cm³/mol. The molecule has 0 bridgehead atoms. The number of phenolic OH excluding ortho intramolecular Hbond substituents is 1. The van der Waals surface area contributed by atoms with Crippen LogP contribution in [0.4, 0.5) is 0 Å². The van der Waals surface area contributed by atoms with Crippen LogP contribution in [0, 0.1) is 0 Å². The number of benzene rings is 2. The first kappa shape index (κ1) is 14.4. The van der Waals surface area contributed by atoms with Crippen molar-refractivity contribution in [3.63, 3.8) is 0 Å². The monoisotopic (exact) mass is 292 g/mol. The van der Waals surface area contributed by atoms with Gasteiger partial charge in [0, 0.05) is 0 Å². The molecule has 0 unspecified atom stereocenters. The van der Waals surface area contributed by atoms with Crippen LogP contribution in [-0.4, -0.2) is 20.6 Å². The van der Waals surface area contributed by atoms with Crippen molar-refractivity contribution >= 4 is 9.84 Å². The number of ether oxygens (including phenoxy) is 1.